The van der Waals surface area contributed by atoms with Crippen molar-refractivity contribution in [3.63, 3.8) is 0 Å². The molecule has 0 bridgehead atoms. The minimum atomic E-state index is -10.5. The van der Waals surface area contributed by atoms with Gasteiger partial charge in [0.15, 0.2) is 0 Å². The number of rotatable bonds is 3. The van der Waals surface area contributed by atoms with Crippen LogP contribution >= 0.6 is 4.87 Å². The molecule has 0 aliphatic heterocycles. The van der Waals surface area contributed by atoms with Gasteiger partial charge in [-0.2, -0.15) is 0 Å². The van der Waals surface area contributed by atoms with Gasteiger partial charge in [-0.05, 0) is 0 Å². The monoisotopic (exact) mass is 500 g/mol. The number of alkyl halides is 12. The normalized spacial score (nSPS) is 17.2. The predicted molar refractivity (Wildman–Crippen MR) is 59.3 cm³/mol. The van der Waals surface area contributed by atoms with Crippen molar-refractivity contribution < 1.29 is 77.9 Å². The fourth-order valence-corrected chi connectivity index (χ4v) is 25.0. The van der Waals surface area contributed by atoms with Crippen molar-refractivity contribution in [3.05, 3.63) is 0 Å². The van der Waals surface area contributed by atoms with Gasteiger partial charge in [0.25, 0.3) is 0 Å². The Labute approximate surface area is 134 Å². The fraction of sp³-hybridized carbons (Fsp3) is 1.00. The Balaban J connectivity index is 8.24. The Hall–Kier alpha value is -0.560. The van der Waals surface area contributed by atoms with Crippen molar-refractivity contribution in [3.8, 4) is 0 Å². The van der Waals surface area contributed by atoms with Gasteiger partial charge in [0.2, 0.25) is 0 Å². The van der Waals surface area contributed by atoms with E-state index in [1.54, 1.807) is 0 Å². The quantitative estimate of drug-likeness (QED) is 0.437. The van der Waals surface area contributed by atoms with E-state index < -0.39 is 55.7 Å². The molecule has 6 nitrogen and oxygen atoms in total. The molecular weight excluding hydrogens is 499 g/mol. The number of halogens is 12. The molecule has 0 atom stereocenters. The molecule has 0 spiro atoms. The molecular formula is C4HF12O6PS3. The zero-order chi connectivity index (χ0) is 22.0. The maximum atomic E-state index is 12.9. The number of hydrogen-bond acceptors (Lipinski definition) is 6. The summed E-state index contributed by atoms with van der Waals surface area (Å²) in [6, 6.07) is 0. The summed E-state index contributed by atoms with van der Waals surface area (Å²) in [5.41, 5.74) is -23.3. The SMILES string of the molecule is O=S(=O)(C(F)(F)F)[PH](C(F)(F)F)(S(=O)(=O)C(F)(F)F)S(=O)(=O)C(F)(F)F. The van der Waals surface area contributed by atoms with E-state index in [2.05, 4.69) is 0 Å². The van der Waals surface area contributed by atoms with Gasteiger partial charge in [0.1, 0.15) is 0 Å². The van der Waals surface area contributed by atoms with Gasteiger partial charge in [0, 0.05) is 0 Å². The summed E-state index contributed by atoms with van der Waals surface area (Å²) < 4.78 is 216. The molecule has 0 saturated carbocycles. The van der Waals surface area contributed by atoms with Crippen molar-refractivity contribution in [2.24, 2.45) is 0 Å². The second-order valence-corrected chi connectivity index (χ2v) is 22.7. The second-order valence-electron chi connectivity index (χ2n) is 3.90. The first kappa shape index (κ1) is 25.4. The molecule has 160 valence electrons. The van der Waals surface area contributed by atoms with Crippen LogP contribution < -0.4 is 0 Å². The molecule has 0 aliphatic rings. The maximum absolute atomic E-state index is 12.9. The third kappa shape index (κ3) is 3.03. The molecule has 0 heterocycles. The Morgan fingerprint density at radius 1 is 0.423 bits per heavy atom. The minimum absolute atomic E-state index is 7.76. The van der Waals surface area contributed by atoms with Crippen molar-refractivity contribution in [1.29, 1.82) is 0 Å². The first-order valence-corrected chi connectivity index (χ1v) is 13.4. The first-order chi connectivity index (χ1) is 10.8. The van der Waals surface area contributed by atoms with E-state index in [1.807, 2.05) is 0 Å². The Bertz CT molecular complexity index is 760. The van der Waals surface area contributed by atoms with Crippen LogP contribution in [0.5, 0.6) is 0 Å². The molecule has 0 aliphatic carbocycles. The molecule has 26 heavy (non-hydrogen) atoms. The van der Waals surface area contributed by atoms with E-state index in [9.17, 15) is 77.9 Å². The molecule has 0 rings (SSSR count). The number of hydrogen-bond donors (Lipinski definition) is 0. The van der Waals surface area contributed by atoms with Crippen LogP contribution in [0, 0.1) is 0 Å². The summed E-state index contributed by atoms with van der Waals surface area (Å²) in [6.07, 6.45) is 0. The van der Waals surface area contributed by atoms with Crippen LogP contribution in [0.1, 0.15) is 0 Å². The van der Waals surface area contributed by atoms with E-state index in [-0.39, 0.29) is 0 Å². The third-order valence-corrected chi connectivity index (χ3v) is 29.4. The summed E-state index contributed by atoms with van der Waals surface area (Å²) >= 11 is 0. The van der Waals surface area contributed by atoms with E-state index in [0.29, 0.717) is 0 Å². The zero-order valence-electron chi connectivity index (χ0n) is 10.7. The Morgan fingerprint density at radius 2 is 0.577 bits per heavy atom. The molecule has 0 radical (unpaired) electrons. The van der Waals surface area contributed by atoms with Gasteiger partial charge < -0.3 is 0 Å². The summed E-state index contributed by atoms with van der Waals surface area (Å²) in [4.78, 5) is -10.5. The van der Waals surface area contributed by atoms with E-state index in [4.69, 9.17) is 0 Å². The zero-order valence-corrected chi connectivity index (χ0v) is 14.2. The van der Waals surface area contributed by atoms with Gasteiger partial charge in [-0.25, -0.2) is 0 Å². The van der Waals surface area contributed by atoms with E-state index >= 15 is 0 Å². The average Bonchev–Trinajstić information content (AvgIpc) is 2.20. The van der Waals surface area contributed by atoms with Crippen molar-refractivity contribution in [1.82, 2.24) is 0 Å². The Kier molecular flexibility index (Phi) is 5.84. The van der Waals surface area contributed by atoms with Crippen molar-refractivity contribution in [2.45, 2.75) is 22.4 Å². The van der Waals surface area contributed by atoms with Crippen LogP contribution in [0.3, 0.4) is 0 Å². The van der Waals surface area contributed by atoms with Gasteiger partial charge >= 0.3 is 134 Å². The third-order valence-electron chi connectivity index (χ3n) is 2.32. The van der Waals surface area contributed by atoms with Crippen LogP contribution in [0.25, 0.3) is 0 Å². The van der Waals surface area contributed by atoms with Gasteiger partial charge in [0.05, 0.1) is 0 Å². The summed E-state index contributed by atoms with van der Waals surface area (Å²) in [7, 11) is -27.4. The van der Waals surface area contributed by atoms with Crippen LogP contribution in [0.2, 0.25) is 0 Å². The summed E-state index contributed by atoms with van der Waals surface area (Å²) in [5.74, 6) is -8.15. The summed E-state index contributed by atoms with van der Waals surface area (Å²) in [6.45, 7) is 0. The molecule has 22 heteroatoms. The predicted octanol–water partition coefficient (Wildman–Crippen LogP) is 2.80. The van der Waals surface area contributed by atoms with Crippen LogP contribution in [0.4, 0.5) is 52.7 Å². The Morgan fingerprint density at radius 3 is 0.654 bits per heavy atom. The molecule has 0 N–H and O–H groups in total. The van der Waals surface area contributed by atoms with E-state index in [0.717, 1.165) is 0 Å². The van der Waals surface area contributed by atoms with Crippen LogP contribution in [-0.4, -0.2) is 47.7 Å². The first-order valence-electron chi connectivity index (χ1n) is 4.74. The topological polar surface area (TPSA) is 102 Å². The second kappa shape index (κ2) is 5.97. The molecule has 0 fully saturated rings. The van der Waals surface area contributed by atoms with E-state index in [1.165, 1.54) is 0 Å². The average molecular weight is 500 g/mol. The standard InChI is InChI=1S/C4HF12O6PS3/c5-1(6,7)23(24(17,18)2(8,9)10,25(19,20)3(11,12)13)26(21,22)4(14,15)16/h23H. The van der Waals surface area contributed by atoms with Crippen LogP contribution in [0.15, 0.2) is 0 Å². The van der Waals surface area contributed by atoms with Crippen molar-refractivity contribution in [2.75, 3.05) is 0 Å². The molecule has 0 unspecified atom stereocenters. The fourth-order valence-electron chi connectivity index (χ4n) is 1.35. The molecule has 0 aromatic carbocycles. The molecule has 0 aromatic rings. The van der Waals surface area contributed by atoms with Gasteiger partial charge in [-0.15, -0.1) is 0 Å². The van der Waals surface area contributed by atoms with Crippen molar-refractivity contribution >= 4 is 33.2 Å². The van der Waals surface area contributed by atoms with Crippen LogP contribution in [-0.2, 0) is 28.4 Å². The van der Waals surface area contributed by atoms with Gasteiger partial charge in [-0.1, -0.05) is 0 Å². The molecule has 0 amide bonds. The molecule has 0 saturated heterocycles. The summed E-state index contributed by atoms with van der Waals surface area (Å²) in [5, 5.41) is 0. The molecule has 0 aromatic heterocycles. The van der Waals surface area contributed by atoms with Gasteiger partial charge in [-0.3, -0.25) is 0 Å².